The first-order valence-corrected chi connectivity index (χ1v) is 10.0. The van der Waals surface area contributed by atoms with Crippen LogP contribution in [0.2, 0.25) is 5.02 Å². The van der Waals surface area contributed by atoms with Gasteiger partial charge in [-0.25, -0.2) is 0 Å². The summed E-state index contributed by atoms with van der Waals surface area (Å²) in [6, 6.07) is 18.9. The molecule has 0 aliphatic carbocycles. The Morgan fingerprint density at radius 1 is 1.06 bits per heavy atom. The number of nitriles is 1. The summed E-state index contributed by atoms with van der Waals surface area (Å²) in [7, 11) is 0. The number of aromatic amines is 1. The smallest absolute Gasteiger partial charge is 0.433 e. The van der Waals surface area contributed by atoms with Crippen LogP contribution in [0.4, 0.5) is 13.2 Å². The SMILES string of the molecule is N#Cc1cccc(-c2c(-c3cc(OCc4ccc(Cl)cc4)ccc3O)n[nH]c2C(F)(F)F)c1. The fourth-order valence-electron chi connectivity index (χ4n) is 3.31. The minimum Gasteiger partial charge on any atom is -0.507 e. The summed E-state index contributed by atoms with van der Waals surface area (Å²) in [5.74, 6) is 0.0535. The molecule has 4 rings (SSSR count). The third-order valence-corrected chi connectivity index (χ3v) is 5.12. The molecule has 33 heavy (non-hydrogen) atoms. The summed E-state index contributed by atoms with van der Waals surface area (Å²) < 4.78 is 46.9. The summed E-state index contributed by atoms with van der Waals surface area (Å²) >= 11 is 5.88. The number of ether oxygens (including phenoxy) is 1. The molecule has 3 aromatic carbocycles. The highest BCUT2D eigenvalue weighted by Gasteiger charge is 2.38. The predicted octanol–water partition coefficient (Wildman–Crippen LogP) is 6.57. The minimum atomic E-state index is -4.73. The molecule has 0 amide bonds. The highest BCUT2D eigenvalue weighted by molar-refractivity contribution is 6.30. The fourth-order valence-corrected chi connectivity index (χ4v) is 3.44. The van der Waals surface area contributed by atoms with Crippen LogP contribution in [0.1, 0.15) is 16.8 Å². The number of phenolic OH excluding ortho intramolecular Hbond substituents is 1. The molecule has 1 heterocycles. The normalized spacial score (nSPS) is 11.2. The van der Waals surface area contributed by atoms with Gasteiger partial charge in [0, 0.05) is 16.1 Å². The zero-order valence-corrected chi connectivity index (χ0v) is 17.6. The van der Waals surface area contributed by atoms with Gasteiger partial charge >= 0.3 is 6.18 Å². The molecule has 2 N–H and O–H groups in total. The second kappa shape index (κ2) is 8.88. The number of aromatic hydroxyl groups is 1. The van der Waals surface area contributed by atoms with Crippen molar-refractivity contribution in [3.8, 4) is 40.0 Å². The quantitative estimate of drug-likeness (QED) is 0.346. The van der Waals surface area contributed by atoms with Gasteiger partial charge in [0.05, 0.1) is 11.6 Å². The molecule has 0 bridgehead atoms. The summed E-state index contributed by atoms with van der Waals surface area (Å²) in [5, 5.41) is 26.1. The first-order chi connectivity index (χ1) is 15.8. The minimum absolute atomic E-state index is 0.0488. The van der Waals surface area contributed by atoms with E-state index in [2.05, 4.69) is 5.10 Å². The number of benzene rings is 3. The number of alkyl halides is 3. The fraction of sp³-hybridized carbons (Fsp3) is 0.0833. The van der Waals surface area contributed by atoms with Crippen LogP contribution in [0.15, 0.2) is 66.7 Å². The van der Waals surface area contributed by atoms with Gasteiger partial charge in [0.25, 0.3) is 0 Å². The maximum absolute atomic E-state index is 13.7. The van der Waals surface area contributed by atoms with E-state index in [9.17, 15) is 18.3 Å². The van der Waals surface area contributed by atoms with Crippen LogP contribution in [0, 0.1) is 11.3 Å². The lowest BCUT2D eigenvalue weighted by molar-refractivity contribution is -0.140. The molecule has 0 aliphatic heterocycles. The topological polar surface area (TPSA) is 81.9 Å². The first-order valence-electron chi connectivity index (χ1n) is 9.63. The zero-order valence-electron chi connectivity index (χ0n) is 16.8. The Bertz CT molecular complexity index is 1340. The number of phenols is 1. The summed E-state index contributed by atoms with van der Waals surface area (Å²) in [6.07, 6.45) is -4.73. The van der Waals surface area contributed by atoms with Crippen LogP contribution in [0.5, 0.6) is 11.5 Å². The average molecular weight is 470 g/mol. The Hall–Kier alpha value is -3.96. The van der Waals surface area contributed by atoms with Crippen molar-refractivity contribution in [1.29, 1.82) is 5.26 Å². The molecule has 4 aromatic rings. The average Bonchev–Trinajstić information content (AvgIpc) is 3.25. The van der Waals surface area contributed by atoms with Crippen LogP contribution in [-0.4, -0.2) is 15.3 Å². The van der Waals surface area contributed by atoms with E-state index in [1.807, 2.05) is 11.2 Å². The van der Waals surface area contributed by atoms with E-state index in [1.54, 1.807) is 24.3 Å². The number of rotatable bonds is 5. The Balaban J connectivity index is 1.77. The standard InChI is InChI=1S/C24H15ClF3N3O2/c25-17-6-4-14(5-7-17)13-33-18-8-9-20(32)19(11-18)22-21(23(31-30-22)24(26,27)28)16-3-1-2-15(10-16)12-29/h1-11,32H,13H2,(H,30,31). The highest BCUT2D eigenvalue weighted by Crippen LogP contribution is 2.44. The van der Waals surface area contributed by atoms with Crippen molar-refractivity contribution in [3.63, 3.8) is 0 Å². The number of aromatic nitrogens is 2. The number of halogens is 4. The van der Waals surface area contributed by atoms with E-state index in [0.717, 1.165) is 5.56 Å². The molecule has 0 fully saturated rings. The van der Waals surface area contributed by atoms with Crippen LogP contribution < -0.4 is 4.74 Å². The molecule has 0 atom stereocenters. The highest BCUT2D eigenvalue weighted by atomic mass is 35.5. The van der Waals surface area contributed by atoms with Gasteiger partial charge in [-0.15, -0.1) is 0 Å². The van der Waals surface area contributed by atoms with Crippen molar-refractivity contribution in [3.05, 3.63) is 88.6 Å². The van der Waals surface area contributed by atoms with Crippen molar-refractivity contribution in [1.82, 2.24) is 10.2 Å². The maximum Gasteiger partial charge on any atom is 0.433 e. The van der Waals surface area contributed by atoms with Gasteiger partial charge in [-0.3, -0.25) is 5.10 Å². The lowest BCUT2D eigenvalue weighted by Gasteiger charge is -2.12. The third kappa shape index (κ3) is 4.78. The van der Waals surface area contributed by atoms with Crippen LogP contribution >= 0.6 is 11.6 Å². The lowest BCUT2D eigenvalue weighted by Crippen LogP contribution is -2.07. The molecule has 0 spiro atoms. The Kier molecular flexibility index (Phi) is 5.99. The summed E-state index contributed by atoms with van der Waals surface area (Å²) in [4.78, 5) is 0. The molecule has 0 aliphatic rings. The number of nitrogens with one attached hydrogen (secondary N) is 1. The van der Waals surface area contributed by atoms with Gasteiger partial charge in [-0.2, -0.15) is 23.5 Å². The van der Waals surface area contributed by atoms with Gasteiger partial charge in [-0.1, -0.05) is 35.9 Å². The maximum atomic E-state index is 13.7. The molecule has 5 nitrogen and oxygen atoms in total. The van der Waals surface area contributed by atoms with E-state index in [-0.39, 0.29) is 40.3 Å². The largest absolute Gasteiger partial charge is 0.507 e. The van der Waals surface area contributed by atoms with Crippen LogP contribution in [0.25, 0.3) is 22.4 Å². The van der Waals surface area contributed by atoms with E-state index in [4.69, 9.17) is 21.6 Å². The molecule has 0 radical (unpaired) electrons. The van der Waals surface area contributed by atoms with Gasteiger partial charge in [0.15, 0.2) is 0 Å². The molecule has 0 unspecified atom stereocenters. The van der Waals surface area contributed by atoms with Gasteiger partial charge in [0.2, 0.25) is 0 Å². The van der Waals surface area contributed by atoms with Crippen molar-refractivity contribution in [2.24, 2.45) is 0 Å². The summed E-state index contributed by atoms with van der Waals surface area (Å²) in [5.41, 5.74) is -0.264. The Morgan fingerprint density at radius 2 is 1.82 bits per heavy atom. The Labute approximate surface area is 191 Å². The molecule has 0 saturated carbocycles. The number of nitrogens with zero attached hydrogens (tertiary/aromatic N) is 2. The third-order valence-electron chi connectivity index (χ3n) is 4.87. The first kappa shape index (κ1) is 22.2. The summed E-state index contributed by atoms with van der Waals surface area (Å²) in [6.45, 7) is 0.187. The molecule has 9 heteroatoms. The molecule has 1 aromatic heterocycles. The zero-order chi connectivity index (χ0) is 23.6. The number of hydrogen-bond donors (Lipinski definition) is 2. The van der Waals surface area contributed by atoms with E-state index in [1.165, 1.54) is 42.5 Å². The van der Waals surface area contributed by atoms with Crippen molar-refractivity contribution in [2.75, 3.05) is 0 Å². The van der Waals surface area contributed by atoms with Crippen molar-refractivity contribution in [2.45, 2.75) is 12.8 Å². The molecule has 0 saturated heterocycles. The molecule has 166 valence electrons. The van der Waals surface area contributed by atoms with Gasteiger partial charge in [-0.05, 0) is 53.6 Å². The van der Waals surface area contributed by atoms with Crippen LogP contribution in [0.3, 0.4) is 0 Å². The number of hydrogen-bond acceptors (Lipinski definition) is 4. The lowest BCUT2D eigenvalue weighted by atomic mass is 9.97. The monoisotopic (exact) mass is 469 g/mol. The second-order valence-electron chi connectivity index (χ2n) is 7.11. The van der Waals surface area contributed by atoms with Crippen molar-refractivity contribution < 1.29 is 23.0 Å². The van der Waals surface area contributed by atoms with Gasteiger partial charge in [0.1, 0.15) is 29.5 Å². The van der Waals surface area contributed by atoms with Gasteiger partial charge < -0.3 is 9.84 Å². The molecular formula is C24H15ClF3N3O2. The number of H-pyrrole nitrogens is 1. The van der Waals surface area contributed by atoms with E-state index >= 15 is 0 Å². The van der Waals surface area contributed by atoms with Crippen LogP contribution in [-0.2, 0) is 12.8 Å². The molecular weight excluding hydrogens is 455 g/mol. The van der Waals surface area contributed by atoms with E-state index < -0.39 is 11.9 Å². The Morgan fingerprint density at radius 3 is 2.52 bits per heavy atom. The van der Waals surface area contributed by atoms with Crippen molar-refractivity contribution >= 4 is 11.6 Å². The second-order valence-corrected chi connectivity index (χ2v) is 7.54. The predicted molar refractivity (Wildman–Crippen MR) is 117 cm³/mol. The van der Waals surface area contributed by atoms with E-state index in [0.29, 0.717) is 10.8 Å².